The van der Waals surface area contributed by atoms with Crippen molar-refractivity contribution in [3.8, 4) is 5.75 Å². The number of nitrogens with two attached hydrogens (primary N) is 1. The number of anilines is 1. The number of thioether (sulfide) groups is 1. The Labute approximate surface area is 111 Å². The number of ether oxygens (including phenoxy) is 1. The maximum atomic E-state index is 12.1. The third-order valence-electron chi connectivity index (χ3n) is 3.31. The highest BCUT2D eigenvalue weighted by Gasteiger charge is 2.42. The largest absolute Gasteiger partial charge is 0.494 e. The maximum Gasteiger partial charge on any atom is 0.255 e. The minimum absolute atomic E-state index is 0.125. The number of hydrogen-bond acceptors (Lipinski definition) is 4. The van der Waals surface area contributed by atoms with Gasteiger partial charge < -0.3 is 15.8 Å². The highest BCUT2D eigenvalue weighted by Crippen LogP contribution is 2.46. The fraction of sp³-hybridized carbons (Fsp3) is 0.462. The summed E-state index contributed by atoms with van der Waals surface area (Å²) in [6, 6.07) is 5.21. The molecule has 0 aromatic heterocycles. The van der Waals surface area contributed by atoms with Gasteiger partial charge >= 0.3 is 0 Å². The van der Waals surface area contributed by atoms with E-state index in [1.807, 2.05) is 11.8 Å². The van der Waals surface area contributed by atoms with Crippen molar-refractivity contribution in [1.82, 2.24) is 5.32 Å². The monoisotopic (exact) mass is 266 g/mol. The average Bonchev–Trinajstić information content (AvgIpc) is 3.16. The average molecular weight is 266 g/mol. The number of methoxy groups -OCH3 is 1. The first-order chi connectivity index (χ1) is 8.62. The van der Waals surface area contributed by atoms with Gasteiger partial charge in [-0.2, -0.15) is 11.8 Å². The van der Waals surface area contributed by atoms with E-state index in [1.54, 1.807) is 18.2 Å². The lowest BCUT2D eigenvalue weighted by atomic mass is 10.1. The minimum Gasteiger partial charge on any atom is -0.494 e. The minimum atomic E-state index is -0.125. The molecule has 1 aromatic rings. The molecule has 0 radical (unpaired) electrons. The van der Waals surface area contributed by atoms with Gasteiger partial charge in [0.15, 0.2) is 5.75 Å². The molecule has 0 heterocycles. The molecule has 0 aliphatic heterocycles. The summed E-state index contributed by atoms with van der Waals surface area (Å²) in [6.45, 7) is 0.699. The molecule has 4 nitrogen and oxygen atoms in total. The molecule has 1 aromatic carbocycles. The van der Waals surface area contributed by atoms with Crippen LogP contribution < -0.4 is 15.8 Å². The van der Waals surface area contributed by atoms with Crippen molar-refractivity contribution in [1.29, 1.82) is 0 Å². The molecule has 98 valence electrons. The van der Waals surface area contributed by atoms with Gasteiger partial charge in [0, 0.05) is 11.3 Å². The molecule has 1 saturated carbocycles. The lowest BCUT2D eigenvalue weighted by Crippen LogP contribution is -2.32. The van der Waals surface area contributed by atoms with Crippen molar-refractivity contribution in [2.24, 2.45) is 0 Å². The number of para-hydroxylation sites is 1. The van der Waals surface area contributed by atoms with Gasteiger partial charge in [0.1, 0.15) is 0 Å². The molecule has 5 heteroatoms. The Morgan fingerprint density at radius 3 is 2.83 bits per heavy atom. The summed E-state index contributed by atoms with van der Waals surface area (Å²) in [4.78, 5) is 12.1. The Hall–Kier alpha value is -1.36. The van der Waals surface area contributed by atoms with E-state index in [0.717, 1.165) is 0 Å². The SMILES string of the molecule is COc1c(N)cccc1C(=O)NCC1(SC)CC1. The van der Waals surface area contributed by atoms with E-state index in [0.29, 0.717) is 23.5 Å². The van der Waals surface area contributed by atoms with Crippen molar-refractivity contribution >= 4 is 23.4 Å². The molecule has 3 N–H and O–H groups in total. The lowest BCUT2D eigenvalue weighted by Gasteiger charge is -2.15. The summed E-state index contributed by atoms with van der Waals surface area (Å²) in [5.74, 6) is 0.323. The van der Waals surface area contributed by atoms with Crippen LogP contribution in [0, 0.1) is 0 Å². The van der Waals surface area contributed by atoms with Crippen LogP contribution in [0.3, 0.4) is 0 Å². The van der Waals surface area contributed by atoms with E-state index in [9.17, 15) is 4.79 Å². The fourth-order valence-corrected chi connectivity index (χ4v) is 2.62. The quantitative estimate of drug-likeness (QED) is 0.799. The van der Waals surface area contributed by atoms with Gasteiger partial charge in [-0.15, -0.1) is 0 Å². The summed E-state index contributed by atoms with van der Waals surface area (Å²) >= 11 is 1.82. The first-order valence-electron chi connectivity index (χ1n) is 5.88. The summed E-state index contributed by atoms with van der Waals surface area (Å²) in [6.07, 6.45) is 4.42. The Morgan fingerprint density at radius 2 is 2.28 bits per heavy atom. The Kier molecular flexibility index (Phi) is 3.71. The number of nitrogens with one attached hydrogen (secondary N) is 1. The van der Waals surface area contributed by atoms with E-state index in [4.69, 9.17) is 10.5 Å². The van der Waals surface area contributed by atoms with Gasteiger partial charge in [-0.25, -0.2) is 0 Å². The molecule has 2 rings (SSSR count). The van der Waals surface area contributed by atoms with Gasteiger partial charge in [0.05, 0.1) is 18.4 Å². The molecular formula is C13H18N2O2S. The number of benzene rings is 1. The van der Waals surface area contributed by atoms with E-state index < -0.39 is 0 Å². The molecule has 0 unspecified atom stereocenters. The smallest absolute Gasteiger partial charge is 0.255 e. The normalized spacial score (nSPS) is 16.1. The van der Waals surface area contributed by atoms with E-state index in [1.165, 1.54) is 20.0 Å². The highest BCUT2D eigenvalue weighted by molar-refractivity contribution is 8.00. The maximum absolute atomic E-state index is 12.1. The number of hydrogen-bond donors (Lipinski definition) is 2. The fourth-order valence-electron chi connectivity index (χ4n) is 1.89. The molecule has 1 amide bonds. The van der Waals surface area contributed by atoms with Gasteiger partial charge in [-0.1, -0.05) is 6.07 Å². The summed E-state index contributed by atoms with van der Waals surface area (Å²) in [5, 5.41) is 2.96. The lowest BCUT2D eigenvalue weighted by molar-refractivity contribution is 0.0950. The molecule has 1 aliphatic carbocycles. The molecule has 0 spiro atoms. The molecule has 1 fully saturated rings. The molecule has 0 bridgehead atoms. The molecule has 0 saturated heterocycles. The zero-order chi connectivity index (χ0) is 13.2. The van der Waals surface area contributed by atoms with Crippen molar-refractivity contribution < 1.29 is 9.53 Å². The van der Waals surface area contributed by atoms with Crippen LogP contribution in [0.4, 0.5) is 5.69 Å². The summed E-state index contributed by atoms with van der Waals surface area (Å²) in [5.41, 5.74) is 6.76. The van der Waals surface area contributed by atoms with Gasteiger partial charge in [0.25, 0.3) is 5.91 Å². The number of amides is 1. The zero-order valence-corrected chi connectivity index (χ0v) is 11.5. The third-order valence-corrected chi connectivity index (χ3v) is 4.72. The molecule has 0 atom stereocenters. The molecular weight excluding hydrogens is 248 g/mol. The Bertz CT molecular complexity index is 458. The standard InChI is InChI=1S/C13H18N2O2S/c1-17-11-9(4-3-5-10(11)14)12(16)15-8-13(18-2)6-7-13/h3-5H,6-8,14H2,1-2H3,(H,15,16). The topological polar surface area (TPSA) is 64.3 Å². The molecule has 18 heavy (non-hydrogen) atoms. The molecule has 1 aliphatic rings. The van der Waals surface area contributed by atoms with Gasteiger partial charge in [0.2, 0.25) is 0 Å². The van der Waals surface area contributed by atoms with E-state index in [-0.39, 0.29) is 10.7 Å². The van der Waals surface area contributed by atoms with Crippen LogP contribution in [0.1, 0.15) is 23.2 Å². The predicted molar refractivity (Wildman–Crippen MR) is 75.2 cm³/mol. The Morgan fingerprint density at radius 1 is 1.56 bits per heavy atom. The Balaban J connectivity index is 2.07. The third kappa shape index (κ3) is 2.56. The van der Waals surface area contributed by atoms with E-state index >= 15 is 0 Å². The van der Waals surface area contributed by atoms with Crippen molar-refractivity contribution in [3.05, 3.63) is 23.8 Å². The van der Waals surface area contributed by atoms with Crippen LogP contribution in [0.5, 0.6) is 5.75 Å². The highest BCUT2D eigenvalue weighted by atomic mass is 32.2. The first-order valence-corrected chi connectivity index (χ1v) is 7.10. The van der Waals surface area contributed by atoms with Crippen molar-refractivity contribution in [2.45, 2.75) is 17.6 Å². The van der Waals surface area contributed by atoms with Gasteiger partial charge in [-0.05, 0) is 31.2 Å². The zero-order valence-electron chi connectivity index (χ0n) is 10.7. The van der Waals surface area contributed by atoms with Crippen LogP contribution in [-0.2, 0) is 0 Å². The summed E-state index contributed by atoms with van der Waals surface area (Å²) in [7, 11) is 1.52. The second kappa shape index (κ2) is 5.10. The van der Waals surface area contributed by atoms with Crippen LogP contribution >= 0.6 is 11.8 Å². The second-order valence-electron chi connectivity index (χ2n) is 4.50. The van der Waals surface area contributed by atoms with Crippen LogP contribution in [0.2, 0.25) is 0 Å². The van der Waals surface area contributed by atoms with Crippen LogP contribution in [0.25, 0.3) is 0 Å². The predicted octanol–water partition coefficient (Wildman–Crippen LogP) is 1.90. The first kappa shape index (κ1) is 13.1. The number of carbonyl (C=O) groups is 1. The number of rotatable bonds is 5. The number of nitrogen functional groups attached to an aromatic ring is 1. The van der Waals surface area contributed by atoms with Gasteiger partial charge in [-0.3, -0.25) is 4.79 Å². The van der Waals surface area contributed by atoms with Crippen molar-refractivity contribution in [2.75, 3.05) is 25.6 Å². The van der Waals surface area contributed by atoms with Crippen molar-refractivity contribution in [3.63, 3.8) is 0 Å². The number of carbonyl (C=O) groups excluding carboxylic acids is 1. The van der Waals surface area contributed by atoms with Crippen LogP contribution in [0.15, 0.2) is 18.2 Å². The van der Waals surface area contributed by atoms with Crippen LogP contribution in [-0.4, -0.2) is 30.6 Å². The summed E-state index contributed by atoms with van der Waals surface area (Å²) < 4.78 is 5.43. The second-order valence-corrected chi connectivity index (χ2v) is 5.77. The van der Waals surface area contributed by atoms with E-state index in [2.05, 4.69) is 11.6 Å².